The van der Waals surface area contributed by atoms with Crippen LogP contribution in [-0.2, 0) is 0 Å². The molecule has 1 amide bonds. The predicted octanol–water partition coefficient (Wildman–Crippen LogP) is 2.95. The van der Waals surface area contributed by atoms with E-state index in [0.29, 0.717) is 36.0 Å². The quantitative estimate of drug-likeness (QED) is 0.647. The summed E-state index contributed by atoms with van der Waals surface area (Å²) in [7, 11) is 0. The van der Waals surface area contributed by atoms with Gasteiger partial charge >= 0.3 is 0 Å². The van der Waals surface area contributed by atoms with Crippen LogP contribution in [0.15, 0.2) is 57.7 Å². The van der Waals surface area contributed by atoms with Crippen molar-refractivity contribution in [3.05, 3.63) is 54.4 Å². The molecule has 24 heavy (non-hydrogen) atoms. The number of carbonyl (C=O) groups excluding carboxylic acids is 1. The van der Waals surface area contributed by atoms with Crippen molar-refractivity contribution in [3.63, 3.8) is 0 Å². The van der Waals surface area contributed by atoms with Crippen LogP contribution >= 0.6 is 0 Å². The van der Waals surface area contributed by atoms with Crippen LogP contribution < -0.4 is 10.1 Å². The van der Waals surface area contributed by atoms with Gasteiger partial charge in [-0.15, -0.1) is 0 Å². The molecular weight excluding hydrogens is 312 g/mol. The molecule has 0 saturated heterocycles. The first-order valence-electron chi connectivity index (χ1n) is 7.42. The van der Waals surface area contributed by atoms with E-state index >= 15 is 0 Å². The van der Waals surface area contributed by atoms with E-state index in [9.17, 15) is 4.79 Å². The Morgan fingerprint density at radius 1 is 1.21 bits per heavy atom. The molecule has 0 fully saturated rings. The number of anilines is 1. The Hall–Kier alpha value is -3.06. The molecule has 7 nitrogen and oxygen atoms in total. The van der Waals surface area contributed by atoms with Crippen LogP contribution in [0.4, 0.5) is 5.69 Å². The lowest BCUT2D eigenvalue weighted by Gasteiger charge is -2.06. The summed E-state index contributed by atoms with van der Waals surface area (Å²) in [6.45, 7) is 0.530. The molecule has 0 aliphatic carbocycles. The van der Waals surface area contributed by atoms with E-state index in [-0.39, 0.29) is 18.2 Å². The zero-order valence-electron chi connectivity index (χ0n) is 12.8. The van der Waals surface area contributed by atoms with Crippen molar-refractivity contribution in [1.29, 1.82) is 0 Å². The molecule has 0 unspecified atom stereocenters. The molecule has 0 saturated carbocycles. The smallest absolute Gasteiger partial charge is 0.277 e. The molecule has 0 spiro atoms. The number of rotatable bonds is 7. The number of nitrogens with zero attached hydrogens (tertiary/aromatic N) is 1. The van der Waals surface area contributed by atoms with Crippen molar-refractivity contribution in [2.45, 2.75) is 6.42 Å². The maximum Gasteiger partial charge on any atom is 0.277 e. The minimum atomic E-state index is -0.384. The van der Waals surface area contributed by atoms with E-state index < -0.39 is 0 Å². The SMILES string of the molecule is O=C(Nc1ccc(OCCCO)cc1)c1cc(-c2ccco2)on1. The number of benzene rings is 1. The Labute approximate surface area is 137 Å². The normalized spacial score (nSPS) is 10.5. The van der Waals surface area contributed by atoms with Crippen LogP contribution in [0.2, 0.25) is 0 Å². The fourth-order valence-electron chi connectivity index (χ4n) is 2.00. The number of ether oxygens (including phenoxy) is 1. The summed E-state index contributed by atoms with van der Waals surface area (Å²) in [6, 6.07) is 11.9. The number of carbonyl (C=O) groups is 1. The maximum absolute atomic E-state index is 12.2. The summed E-state index contributed by atoms with van der Waals surface area (Å²) in [5.74, 6) is 1.18. The number of hydrogen-bond acceptors (Lipinski definition) is 6. The molecule has 2 aromatic heterocycles. The maximum atomic E-state index is 12.2. The third-order valence-corrected chi connectivity index (χ3v) is 3.19. The molecular formula is C17H16N2O5. The lowest BCUT2D eigenvalue weighted by molar-refractivity contribution is 0.101. The van der Waals surface area contributed by atoms with Crippen molar-refractivity contribution in [2.24, 2.45) is 0 Å². The zero-order valence-corrected chi connectivity index (χ0v) is 12.8. The van der Waals surface area contributed by atoms with Crippen molar-refractivity contribution in [3.8, 4) is 17.3 Å². The van der Waals surface area contributed by atoms with Gasteiger partial charge in [0.2, 0.25) is 5.76 Å². The van der Waals surface area contributed by atoms with Crippen LogP contribution in [0.5, 0.6) is 5.75 Å². The lowest BCUT2D eigenvalue weighted by Crippen LogP contribution is -2.12. The van der Waals surface area contributed by atoms with Gasteiger partial charge < -0.3 is 24.1 Å². The summed E-state index contributed by atoms with van der Waals surface area (Å²) in [6.07, 6.45) is 2.09. The monoisotopic (exact) mass is 328 g/mol. The molecule has 124 valence electrons. The number of furan rings is 1. The molecule has 2 N–H and O–H groups in total. The molecule has 0 aliphatic rings. The van der Waals surface area contributed by atoms with E-state index in [4.69, 9.17) is 18.8 Å². The molecule has 0 atom stereocenters. The average Bonchev–Trinajstić information content (AvgIpc) is 3.28. The van der Waals surface area contributed by atoms with Gasteiger partial charge in [-0.3, -0.25) is 4.79 Å². The molecule has 1 aromatic carbocycles. The third-order valence-electron chi connectivity index (χ3n) is 3.19. The molecule has 0 aliphatic heterocycles. The number of hydrogen-bond donors (Lipinski definition) is 2. The van der Waals surface area contributed by atoms with Crippen molar-refractivity contribution in [2.75, 3.05) is 18.5 Å². The van der Waals surface area contributed by atoms with Crippen LogP contribution in [0.1, 0.15) is 16.9 Å². The van der Waals surface area contributed by atoms with Crippen molar-refractivity contribution < 1.29 is 23.6 Å². The van der Waals surface area contributed by atoms with Crippen LogP contribution in [-0.4, -0.2) is 29.4 Å². The largest absolute Gasteiger partial charge is 0.494 e. The van der Waals surface area contributed by atoms with E-state index in [2.05, 4.69) is 10.5 Å². The van der Waals surface area contributed by atoms with Crippen LogP contribution in [0.25, 0.3) is 11.5 Å². The standard InChI is InChI=1S/C17H16N2O5/c20-8-2-10-22-13-6-4-12(5-7-13)18-17(21)14-11-16(24-19-14)15-3-1-9-23-15/h1,3-7,9,11,20H,2,8,10H2,(H,18,21). The van der Waals surface area contributed by atoms with Gasteiger partial charge in [0.1, 0.15) is 5.75 Å². The second-order valence-corrected chi connectivity index (χ2v) is 4.96. The van der Waals surface area contributed by atoms with Gasteiger partial charge in [0.25, 0.3) is 5.91 Å². The molecule has 3 rings (SSSR count). The Balaban J connectivity index is 1.60. The first kappa shape index (κ1) is 15.8. The first-order chi connectivity index (χ1) is 11.8. The van der Waals surface area contributed by atoms with E-state index in [0.717, 1.165) is 0 Å². The van der Waals surface area contributed by atoms with Crippen molar-refractivity contribution >= 4 is 11.6 Å². The van der Waals surface area contributed by atoms with Gasteiger partial charge in [0.15, 0.2) is 11.5 Å². The second-order valence-electron chi connectivity index (χ2n) is 4.96. The predicted molar refractivity (Wildman–Crippen MR) is 85.8 cm³/mol. The Morgan fingerprint density at radius 3 is 2.75 bits per heavy atom. The van der Waals surface area contributed by atoms with Gasteiger partial charge in [-0.05, 0) is 36.4 Å². The average molecular weight is 328 g/mol. The fourth-order valence-corrected chi connectivity index (χ4v) is 2.00. The van der Waals surface area contributed by atoms with Crippen molar-refractivity contribution in [1.82, 2.24) is 5.16 Å². The lowest BCUT2D eigenvalue weighted by atomic mass is 10.2. The summed E-state index contributed by atoms with van der Waals surface area (Å²) in [5.41, 5.74) is 0.765. The Kier molecular flexibility index (Phi) is 4.93. The molecule has 3 aromatic rings. The molecule has 0 bridgehead atoms. The molecule has 2 heterocycles. The van der Waals surface area contributed by atoms with Gasteiger partial charge in [-0.25, -0.2) is 0 Å². The Bertz CT molecular complexity index is 778. The highest BCUT2D eigenvalue weighted by atomic mass is 16.5. The van der Waals surface area contributed by atoms with Gasteiger partial charge in [0, 0.05) is 24.8 Å². The summed E-state index contributed by atoms with van der Waals surface area (Å²) in [5, 5.41) is 15.2. The van der Waals surface area contributed by atoms with Gasteiger partial charge in [-0.2, -0.15) is 0 Å². The van der Waals surface area contributed by atoms with Gasteiger partial charge in [0.05, 0.1) is 12.9 Å². The van der Waals surface area contributed by atoms with Crippen LogP contribution in [0.3, 0.4) is 0 Å². The second kappa shape index (κ2) is 7.47. The topological polar surface area (TPSA) is 97.7 Å². The van der Waals surface area contributed by atoms with E-state index in [1.807, 2.05) is 0 Å². The first-order valence-corrected chi connectivity index (χ1v) is 7.42. The number of nitrogens with one attached hydrogen (secondary N) is 1. The highest BCUT2D eigenvalue weighted by molar-refractivity contribution is 6.03. The summed E-state index contributed by atoms with van der Waals surface area (Å²) < 4.78 is 15.7. The zero-order chi connectivity index (χ0) is 16.8. The highest BCUT2D eigenvalue weighted by Gasteiger charge is 2.15. The minimum absolute atomic E-state index is 0.0891. The number of aliphatic hydroxyl groups is 1. The van der Waals surface area contributed by atoms with Crippen LogP contribution in [0, 0.1) is 0 Å². The number of amides is 1. The van der Waals surface area contributed by atoms with E-state index in [1.54, 1.807) is 36.4 Å². The van der Waals surface area contributed by atoms with E-state index in [1.165, 1.54) is 12.3 Å². The molecule has 0 radical (unpaired) electrons. The van der Waals surface area contributed by atoms with Gasteiger partial charge in [-0.1, -0.05) is 5.16 Å². The Morgan fingerprint density at radius 2 is 2.04 bits per heavy atom. The number of aromatic nitrogens is 1. The highest BCUT2D eigenvalue weighted by Crippen LogP contribution is 2.21. The summed E-state index contributed by atoms with van der Waals surface area (Å²) in [4.78, 5) is 12.2. The summed E-state index contributed by atoms with van der Waals surface area (Å²) >= 11 is 0. The number of aliphatic hydroxyl groups excluding tert-OH is 1. The third kappa shape index (κ3) is 3.82. The minimum Gasteiger partial charge on any atom is -0.494 e. The molecule has 7 heteroatoms. The fraction of sp³-hybridized carbons (Fsp3) is 0.176.